The summed E-state index contributed by atoms with van der Waals surface area (Å²) in [5.41, 5.74) is 2.23. The monoisotopic (exact) mass is 323 g/mol. The predicted octanol–water partition coefficient (Wildman–Crippen LogP) is 3.17. The van der Waals surface area contributed by atoms with Crippen molar-refractivity contribution in [1.29, 1.82) is 0 Å². The van der Waals surface area contributed by atoms with Crippen molar-refractivity contribution in [1.82, 2.24) is 10.2 Å². The molecule has 0 spiro atoms. The number of H-pyrrole nitrogens is 1. The molecule has 0 bridgehead atoms. The fourth-order valence-corrected chi connectivity index (χ4v) is 2.31. The van der Waals surface area contributed by atoms with E-state index in [2.05, 4.69) is 15.5 Å². The average molecular weight is 323 g/mol. The van der Waals surface area contributed by atoms with Crippen LogP contribution < -0.4 is 10.1 Å². The molecule has 0 fully saturated rings. The molecule has 3 rings (SSSR count). The number of aromatic nitrogens is 2. The van der Waals surface area contributed by atoms with Crippen molar-refractivity contribution in [2.75, 3.05) is 11.9 Å². The molecular formula is C18H17N3O3. The molecule has 0 aliphatic rings. The molecule has 0 aliphatic heterocycles. The fourth-order valence-electron chi connectivity index (χ4n) is 2.31. The maximum atomic E-state index is 12.0. The van der Waals surface area contributed by atoms with Gasteiger partial charge in [0.2, 0.25) is 0 Å². The summed E-state index contributed by atoms with van der Waals surface area (Å²) in [5.74, 6) is 0.364. The van der Waals surface area contributed by atoms with Crippen LogP contribution in [-0.2, 0) is 4.79 Å². The number of fused-ring (bicyclic) bond motifs is 1. The zero-order valence-electron chi connectivity index (χ0n) is 13.2. The SMILES string of the molecule is CCC(=O)c1ccc(OCC(=O)Nc2ccc3[nH]ncc3c2)cc1. The van der Waals surface area contributed by atoms with Crippen LogP contribution in [0.3, 0.4) is 0 Å². The first-order valence-corrected chi connectivity index (χ1v) is 7.65. The van der Waals surface area contributed by atoms with Crippen molar-refractivity contribution in [3.05, 3.63) is 54.2 Å². The van der Waals surface area contributed by atoms with Crippen LogP contribution in [0.2, 0.25) is 0 Å². The number of hydrogen-bond donors (Lipinski definition) is 2. The highest BCUT2D eigenvalue weighted by Gasteiger charge is 2.06. The second-order valence-corrected chi connectivity index (χ2v) is 5.31. The van der Waals surface area contributed by atoms with Gasteiger partial charge in [-0.05, 0) is 42.5 Å². The van der Waals surface area contributed by atoms with Gasteiger partial charge in [0, 0.05) is 23.1 Å². The Bertz CT molecular complexity index is 869. The standard InChI is InChI=1S/C18H17N3O3/c1-2-17(22)12-3-6-15(7-4-12)24-11-18(23)20-14-5-8-16-13(9-14)10-19-21-16/h3-10H,2,11H2,1H3,(H,19,21)(H,20,23). The van der Waals surface area contributed by atoms with Gasteiger partial charge in [-0.2, -0.15) is 5.10 Å². The molecule has 1 aromatic heterocycles. The summed E-state index contributed by atoms with van der Waals surface area (Å²) in [6, 6.07) is 12.3. The molecule has 2 N–H and O–H groups in total. The number of amides is 1. The first-order valence-electron chi connectivity index (χ1n) is 7.65. The number of carbonyl (C=O) groups excluding carboxylic acids is 2. The highest BCUT2D eigenvalue weighted by Crippen LogP contribution is 2.17. The Labute approximate surface area is 138 Å². The van der Waals surface area contributed by atoms with Crippen LogP contribution in [0, 0.1) is 0 Å². The van der Waals surface area contributed by atoms with E-state index >= 15 is 0 Å². The summed E-state index contributed by atoms with van der Waals surface area (Å²) in [7, 11) is 0. The minimum atomic E-state index is -0.258. The lowest BCUT2D eigenvalue weighted by molar-refractivity contribution is -0.118. The first-order chi connectivity index (χ1) is 11.7. The summed E-state index contributed by atoms with van der Waals surface area (Å²) >= 11 is 0. The maximum Gasteiger partial charge on any atom is 0.262 e. The van der Waals surface area contributed by atoms with E-state index in [9.17, 15) is 9.59 Å². The Hall–Kier alpha value is -3.15. The molecule has 0 atom stereocenters. The van der Waals surface area contributed by atoms with Crippen LogP contribution in [0.15, 0.2) is 48.7 Å². The number of ketones is 1. The van der Waals surface area contributed by atoms with Crippen molar-refractivity contribution >= 4 is 28.3 Å². The van der Waals surface area contributed by atoms with Crippen LogP contribution in [-0.4, -0.2) is 28.5 Å². The third kappa shape index (κ3) is 3.60. The van der Waals surface area contributed by atoms with E-state index in [1.54, 1.807) is 36.5 Å². The van der Waals surface area contributed by atoms with E-state index in [1.807, 2.05) is 19.1 Å². The zero-order valence-corrected chi connectivity index (χ0v) is 13.2. The van der Waals surface area contributed by atoms with Crippen molar-refractivity contribution < 1.29 is 14.3 Å². The zero-order chi connectivity index (χ0) is 16.9. The van der Waals surface area contributed by atoms with E-state index in [0.717, 1.165) is 10.9 Å². The Morgan fingerprint density at radius 2 is 1.96 bits per heavy atom. The summed E-state index contributed by atoms with van der Waals surface area (Å²) in [6.45, 7) is 1.71. The van der Waals surface area contributed by atoms with Crippen LogP contribution in [0.1, 0.15) is 23.7 Å². The fraction of sp³-hybridized carbons (Fsp3) is 0.167. The average Bonchev–Trinajstić information content (AvgIpc) is 3.07. The number of nitrogens with one attached hydrogen (secondary N) is 2. The molecule has 24 heavy (non-hydrogen) atoms. The molecule has 0 aliphatic carbocycles. The van der Waals surface area contributed by atoms with Crippen molar-refractivity contribution in [3.63, 3.8) is 0 Å². The number of nitrogens with zero attached hydrogens (tertiary/aromatic N) is 1. The Morgan fingerprint density at radius 1 is 1.17 bits per heavy atom. The number of rotatable bonds is 6. The van der Waals surface area contributed by atoms with Gasteiger partial charge in [0.25, 0.3) is 5.91 Å². The highest BCUT2D eigenvalue weighted by atomic mass is 16.5. The Morgan fingerprint density at radius 3 is 2.71 bits per heavy atom. The summed E-state index contributed by atoms with van der Waals surface area (Å²) in [5, 5.41) is 10.5. The van der Waals surface area contributed by atoms with Gasteiger partial charge >= 0.3 is 0 Å². The van der Waals surface area contributed by atoms with Crippen LogP contribution >= 0.6 is 0 Å². The third-order valence-corrected chi connectivity index (χ3v) is 3.59. The van der Waals surface area contributed by atoms with Gasteiger partial charge in [-0.1, -0.05) is 6.92 Å². The van der Waals surface area contributed by atoms with E-state index < -0.39 is 0 Å². The normalized spacial score (nSPS) is 10.5. The number of ether oxygens (including phenoxy) is 1. The second kappa shape index (κ2) is 6.95. The van der Waals surface area contributed by atoms with Crippen molar-refractivity contribution in [2.24, 2.45) is 0 Å². The van der Waals surface area contributed by atoms with E-state index in [4.69, 9.17) is 4.74 Å². The summed E-state index contributed by atoms with van der Waals surface area (Å²) < 4.78 is 5.44. The number of Topliss-reactive ketones (excluding diaryl/α,β-unsaturated/α-hetero) is 1. The summed E-state index contributed by atoms with van der Waals surface area (Å²) in [6.07, 6.45) is 2.16. The molecule has 0 radical (unpaired) electrons. The summed E-state index contributed by atoms with van der Waals surface area (Å²) in [4.78, 5) is 23.5. The molecule has 1 amide bonds. The molecule has 3 aromatic rings. The van der Waals surface area contributed by atoms with Crippen LogP contribution in [0.25, 0.3) is 10.9 Å². The molecule has 0 unspecified atom stereocenters. The predicted molar refractivity (Wildman–Crippen MR) is 91.3 cm³/mol. The van der Waals surface area contributed by atoms with Crippen molar-refractivity contribution in [2.45, 2.75) is 13.3 Å². The van der Waals surface area contributed by atoms with Gasteiger partial charge in [-0.3, -0.25) is 14.7 Å². The third-order valence-electron chi connectivity index (χ3n) is 3.59. The lowest BCUT2D eigenvalue weighted by atomic mass is 10.1. The molecule has 0 saturated heterocycles. The lowest BCUT2D eigenvalue weighted by Crippen LogP contribution is -2.20. The molecule has 6 heteroatoms. The van der Waals surface area contributed by atoms with E-state index in [1.165, 1.54) is 0 Å². The number of aromatic amines is 1. The minimum absolute atomic E-state index is 0.0777. The van der Waals surface area contributed by atoms with Gasteiger partial charge in [0.1, 0.15) is 5.75 Å². The van der Waals surface area contributed by atoms with Gasteiger partial charge in [0.15, 0.2) is 12.4 Å². The molecule has 122 valence electrons. The van der Waals surface area contributed by atoms with Gasteiger partial charge < -0.3 is 10.1 Å². The first kappa shape index (κ1) is 15.7. The Kier molecular flexibility index (Phi) is 4.56. The molecule has 1 heterocycles. The van der Waals surface area contributed by atoms with Crippen molar-refractivity contribution in [3.8, 4) is 5.75 Å². The van der Waals surface area contributed by atoms with Gasteiger partial charge in [0.05, 0.1) is 11.7 Å². The molecule has 0 saturated carbocycles. The number of carbonyl (C=O) groups is 2. The minimum Gasteiger partial charge on any atom is -0.484 e. The number of hydrogen-bond acceptors (Lipinski definition) is 4. The molecule has 6 nitrogen and oxygen atoms in total. The van der Waals surface area contributed by atoms with E-state index in [0.29, 0.717) is 23.4 Å². The largest absolute Gasteiger partial charge is 0.484 e. The quantitative estimate of drug-likeness (QED) is 0.682. The number of benzene rings is 2. The smallest absolute Gasteiger partial charge is 0.262 e. The number of anilines is 1. The topological polar surface area (TPSA) is 84.1 Å². The second-order valence-electron chi connectivity index (χ2n) is 5.31. The van der Waals surface area contributed by atoms with Crippen LogP contribution in [0.4, 0.5) is 5.69 Å². The molecular weight excluding hydrogens is 306 g/mol. The highest BCUT2D eigenvalue weighted by molar-refractivity contribution is 5.96. The van der Waals surface area contributed by atoms with Crippen LogP contribution in [0.5, 0.6) is 5.75 Å². The molecule has 2 aromatic carbocycles. The van der Waals surface area contributed by atoms with Gasteiger partial charge in [-0.25, -0.2) is 0 Å². The Balaban J connectivity index is 1.56. The lowest BCUT2D eigenvalue weighted by Gasteiger charge is -2.08. The van der Waals surface area contributed by atoms with Gasteiger partial charge in [-0.15, -0.1) is 0 Å². The van der Waals surface area contributed by atoms with E-state index in [-0.39, 0.29) is 18.3 Å². The maximum absolute atomic E-state index is 12.0.